The van der Waals surface area contributed by atoms with Crippen molar-refractivity contribution in [3.05, 3.63) is 86.2 Å². The monoisotopic (exact) mass is 630 g/mol. The minimum Gasteiger partial charge on any atom is -0.493 e. The third kappa shape index (κ3) is 7.35. The summed E-state index contributed by atoms with van der Waals surface area (Å²) < 4.78 is 17.4. The number of thioether (sulfide) groups is 1. The molecule has 1 aliphatic heterocycles. The summed E-state index contributed by atoms with van der Waals surface area (Å²) in [7, 11) is 1.46. The highest BCUT2D eigenvalue weighted by Crippen LogP contribution is 2.39. The zero-order valence-electron chi connectivity index (χ0n) is 21.0. The number of ether oxygens (including phenoxy) is 3. The minimum absolute atomic E-state index is 0.131. The van der Waals surface area contributed by atoms with Crippen LogP contribution in [-0.4, -0.2) is 48.8 Å². The summed E-state index contributed by atoms with van der Waals surface area (Å²) in [6.45, 7) is 1.98. The number of hydrogen-bond donors (Lipinski definition) is 1. The van der Waals surface area contributed by atoms with E-state index in [1.807, 2.05) is 31.2 Å². The van der Waals surface area contributed by atoms with Gasteiger partial charge < -0.3 is 19.5 Å². The van der Waals surface area contributed by atoms with Crippen LogP contribution in [0.25, 0.3) is 6.08 Å². The van der Waals surface area contributed by atoms with E-state index in [1.54, 1.807) is 42.5 Å². The predicted molar refractivity (Wildman–Crippen MR) is 156 cm³/mol. The maximum Gasteiger partial charge on any atom is 0.293 e. The Kier molecular flexibility index (Phi) is 9.55. The second-order valence-corrected chi connectivity index (χ2v) is 10.6. The largest absolute Gasteiger partial charge is 0.493 e. The van der Waals surface area contributed by atoms with Gasteiger partial charge in [-0.15, -0.1) is 0 Å². The molecule has 0 aliphatic carbocycles. The smallest absolute Gasteiger partial charge is 0.293 e. The van der Waals surface area contributed by atoms with E-state index in [2.05, 4.69) is 21.2 Å². The molecule has 1 heterocycles. The van der Waals surface area contributed by atoms with E-state index in [-0.39, 0.29) is 29.9 Å². The summed E-state index contributed by atoms with van der Waals surface area (Å²) in [5.74, 6) is 0.529. The van der Waals surface area contributed by atoms with Gasteiger partial charge in [-0.3, -0.25) is 19.3 Å². The second kappa shape index (κ2) is 13.1. The number of imide groups is 1. The van der Waals surface area contributed by atoms with Gasteiger partial charge in [0.05, 0.1) is 33.7 Å². The van der Waals surface area contributed by atoms with E-state index in [1.165, 1.54) is 7.11 Å². The Balaban J connectivity index is 1.40. The molecular weight excluding hydrogens is 608 g/mol. The molecule has 3 amide bonds. The van der Waals surface area contributed by atoms with Crippen molar-refractivity contribution >= 4 is 68.1 Å². The highest BCUT2D eigenvalue weighted by atomic mass is 79.9. The third-order valence-corrected chi connectivity index (χ3v) is 7.32. The van der Waals surface area contributed by atoms with Crippen LogP contribution in [-0.2, 0) is 9.59 Å². The summed E-state index contributed by atoms with van der Waals surface area (Å²) in [4.78, 5) is 39.2. The fourth-order valence-electron chi connectivity index (χ4n) is 3.65. The Morgan fingerprint density at radius 2 is 1.90 bits per heavy atom. The lowest BCUT2D eigenvalue weighted by atomic mass is 10.2. The first-order chi connectivity index (χ1) is 18.7. The minimum atomic E-state index is -0.402. The maximum atomic E-state index is 12.9. The van der Waals surface area contributed by atoms with Crippen LogP contribution in [0.1, 0.15) is 11.1 Å². The zero-order chi connectivity index (χ0) is 27.9. The average molecular weight is 632 g/mol. The van der Waals surface area contributed by atoms with Crippen molar-refractivity contribution in [2.45, 2.75) is 6.92 Å². The van der Waals surface area contributed by atoms with Gasteiger partial charge in [0.15, 0.2) is 18.1 Å². The molecule has 1 aliphatic rings. The molecule has 0 spiro atoms. The van der Waals surface area contributed by atoms with Crippen LogP contribution in [0.5, 0.6) is 17.2 Å². The van der Waals surface area contributed by atoms with Gasteiger partial charge in [-0.1, -0.05) is 35.9 Å². The summed E-state index contributed by atoms with van der Waals surface area (Å²) in [5.41, 5.74) is 2.14. The van der Waals surface area contributed by atoms with Crippen molar-refractivity contribution in [1.82, 2.24) is 4.90 Å². The SMILES string of the molecule is COc1cc(/C=C2\SC(=O)N(CCOc3cccc(C)c3)C2=O)cc(Br)c1OCC(=O)Nc1ccccc1Cl. The summed E-state index contributed by atoms with van der Waals surface area (Å²) in [6, 6.07) is 17.8. The van der Waals surface area contributed by atoms with E-state index in [4.69, 9.17) is 25.8 Å². The molecule has 1 fully saturated rings. The molecule has 39 heavy (non-hydrogen) atoms. The molecule has 0 radical (unpaired) electrons. The van der Waals surface area contributed by atoms with E-state index in [0.29, 0.717) is 38.0 Å². The Hall–Kier alpha value is -3.47. The molecule has 0 saturated carbocycles. The zero-order valence-corrected chi connectivity index (χ0v) is 24.2. The van der Waals surface area contributed by atoms with Gasteiger partial charge in [0.2, 0.25) is 0 Å². The molecule has 0 bridgehead atoms. The fourth-order valence-corrected chi connectivity index (χ4v) is 5.28. The fraction of sp³-hybridized carbons (Fsp3) is 0.179. The number of anilines is 1. The Morgan fingerprint density at radius 3 is 2.64 bits per heavy atom. The number of aryl methyl sites for hydroxylation is 1. The normalized spacial score (nSPS) is 14.1. The van der Waals surface area contributed by atoms with Crippen LogP contribution in [0, 0.1) is 6.92 Å². The van der Waals surface area contributed by atoms with Crippen molar-refractivity contribution in [1.29, 1.82) is 0 Å². The molecule has 0 atom stereocenters. The number of nitrogens with one attached hydrogen (secondary N) is 1. The lowest BCUT2D eigenvalue weighted by molar-refractivity contribution is -0.123. The Morgan fingerprint density at radius 1 is 1.10 bits per heavy atom. The van der Waals surface area contributed by atoms with Gasteiger partial charge in [0, 0.05) is 0 Å². The highest BCUT2D eigenvalue weighted by Gasteiger charge is 2.35. The molecule has 1 saturated heterocycles. The number of carbonyl (C=O) groups is 3. The molecule has 4 rings (SSSR count). The van der Waals surface area contributed by atoms with Crippen molar-refractivity contribution < 1.29 is 28.6 Å². The van der Waals surface area contributed by atoms with Gasteiger partial charge in [-0.05, 0) is 88.2 Å². The average Bonchev–Trinajstić information content (AvgIpc) is 3.16. The van der Waals surface area contributed by atoms with E-state index in [0.717, 1.165) is 22.2 Å². The number of halogens is 2. The molecule has 11 heteroatoms. The van der Waals surface area contributed by atoms with Crippen LogP contribution < -0.4 is 19.5 Å². The number of nitrogens with zero attached hydrogens (tertiary/aromatic N) is 1. The van der Waals surface area contributed by atoms with E-state index >= 15 is 0 Å². The van der Waals surface area contributed by atoms with E-state index < -0.39 is 11.8 Å². The highest BCUT2D eigenvalue weighted by molar-refractivity contribution is 9.10. The van der Waals surface area contributed by atoms with Gasteiger partial charge in [-0.25, -0.2) is 0 Å². The maximum absolute atomic E-state index is 12.9. The molecule has 3 aromatic rings. The van der Waals surface area contributed by atoms with Crippen LogP contribution in [0.2, 0.25) is 5.02 Å². The van der Waals surface area contributed by atoms with Gasteiger partial charge in [0.25, 0.3) is 17.1 Å². The molecular formula is C28H24BrClN2O6S. The number of carbonyl (C=O) groups excluding carboxylic acids is 3. The molecule has 3 aromatic carbocycles. The van der Waals surface area contributed by atoms with Gasteiger partial charge >= 0.3 is 0 Å². The van der Waals surface area contributed by atoms with Crippen LogP contribution in [0.3, 0.4) is 0 Å². The summed E-state index contributed by atoms with van der Waals surface area (Å²) >= 11 is 10.4. The summed E-state index contributed by atoms with van der Waals surface area (Å²) in [6.07, 6.45) is 1.60. The third-order valence-electron chi connectivity index (χ3n) is 5.49. The molecule has 202 valence electrons. The first-order valence-electron chi connectivity index (χ1n) is 11.7. The number of hydrogen-bond acceptors (Lipinski definition) is 7. The van der Waals surface area contributed by atoms with Crippen LogP contribution in [0.15, 0.2) is 70.0 Å². The van der Waals surface area contributed by atoms with Crippen LogP contribution in [0.4, 0.5) is 10.5 Å². The number of benzene rings is 3. The lowest BCUT2D eigenvalue weighted by Gasteiger charge is -2.14. The quantitative estimate of drug-likeness (QED) is 0.254. The molecule has 0 aromatic heterocycles. The first-order valence-corrected chi connectivity index (χ1v) is 13.7. The number of amides is 3. The molecule has 8 nitrogen and oxygen atoms in total. The molecule has 0 unspecified atom stereocenters. The number of methoxy groups -OCH3 is 1. The van der Waals surface area contributed by atoms with Crippen LogP contribution >= 0.6 is 39.3 Å². The topological polar surface area (TPSA) is 94.2 Å². The van der Waals surface area contributed by atoms with Crippen molar-refractivity contribution in [2.75, 3.05) is 32.2 Å². The summed E-state index contributed by atoms with van der Waals surface area (Å²) in [5, 5.41) is 2.74. The van der Waals surface area contributed by atoms with Gasteiger partial charge in [-0.2, -0.15) is 0 Å². The van der Waals surface area contributed by atoms with Crippen molar-refractivity contribution in [3.63, 3.8) is 0 Å². The predicted octanol–water partition coefficient (Wildman–Crippen LogP) is 6.55. The Bertz CT molecular complexity index is 1450. The molecule has 1 N–H and O–H groups in total. The lowest BCUT2D eigenvalue weighted by Crippen LogP contribution is -2.32. The Labute approximate surface area is 243 Å². The first kappa shape index (κ1) is 28.5. The number of para-hydroxylation sites is 1. The van der Waals surface area contributed by atoms with Gasteiger partial charge in [0.1, 0.15) is 12.4 Å². The van der Waals surface area contributed by atoms with E-state index in [9.17, 15) is 14.4 Å². The second-order valence-electron chi connectivity index (χ2n) is 8.35. The number of rotatable bonds is 10. The van der Waals surface area contributed by atoms with Crippen molar-refractivity contribution in [2.24, 2.45) is 0 Å². The van der Waals surface area contributed by atoms with Crippen molar-refractivity contribution in [3.8, 4) is 17.2 Å². The standard InChI is InChI=1S/C28H24BrClN2O6S/c1-17-6-5-7-19(12-17)37-11-10-32-27(34)24(39-28(32)35)15-18-13-20(29)26(23(14-18)36-2)38-16-25(33)31-22-9-4-3-8-21(22)30/h3-9,12-15H,10-11,16H2,1-2H3,(H,31,33)/b24-15-.